The number of carbonyl (C=O) groups is 1. The first kappa shape index (κ1) is 42.9. The summed E-state index contributed by atoms with van der Waals surface area (Å²) in [5.74, 6) is 0.168. The molecule has 0 amide bonds. The Hall–Kier alpha value is -5.25. The van der Waals surface area contributed by atoms with Gasteiger partial charge in [-0.3, -0.25) is 4.79 Å². The molecule has 10 nitrogen and oxygen atoms in total. The highest BCUT2D eigenvalue weighted by atomic mass is 16.5. The highest BCUT2D eigenvalue weighted by Gasteiger charge is 2.28. The molecule has 0 aliphatic rings. The number of aromatic nitrogens is 6. The third kappa shape index (κ3) is 11.6. The van der Waals surface area contributed by atoms with Crippen LogP contribution in [0.2, 0.25) is 0 Å². The summed E-state index contributed by atoms with van der Waals surface area (Å²) in [5.41, 5.74) is 7.16. The SMILES string of the molecule is CC(C)(C)CC(C)(C)c1ccc(O)c(-n2nc3ccccc3n2)c1.CCCCCCCCOC(=O)CCc1cc(-n2nc3ccccc3n2)c(O)c(C(C)(C)C)c1. The number of carbonyl (C=O) groups excluding carboxylic acids is 1. The molecule has 0 unspecified atom stereocenters. The smallest absolute Gasteiger partial charge is 0.306 e. The molecule has 6 aromatic rings. The van der Waals surface area contributed by atoms with E-state index < -0.39 is 0 Å². The molecule has 0 spiro atoms. The lowest BCUT2D eigenvalue weighted by Gasteiger charge is -2.33. The molecule has 0 saturated heterocycles. The van der Waals surface area contributed by atoms with E-state index in [0.29, 0.717) is 30.8 Å². The van der Waals surface area contributed by atoms with Gasteiger partial charge in [0, 0.05) is 12.0 Å². The third-order valence-corrected chi connectivity index (χ3v) is 10.1. The van der Waals surface area contributed by atoms with Crippen molar-refractivity contribution in [2.75, 3.05) is 6.61 Å². The summed E-state index contributed by atoms with van der Waals surface area (Å²) >= 11 is 0. The second-order valence-corrected chi connectivity index (χ2v) is 18.0. The summed E-state index contributed by atoms with van der Waals surface area (Å²) in [6, 6.07) is 24.9. The molecule has 2 heterocycles. The Bertz CT molecular complexity index is 2190. The van der Waals surface area contributed by atoms with Crippen LogP contribution in [0.1, 0.15) is 130 Å². The van der Waals surface area contributed by atoms with E-state index in [9.17, 15) is 15.0 Å². The molecule has 0 aliphatic heterocycles. The average molecular weight is 775 g/mol. The van der Waals surface area contributed by atoms with Crippen LogP contribution in [0.4, 0.5) is 0 Å². The molecule has 304 valence electrons. The average Bonchev–Trinajstić information content (AvgIpc) is 3.78. The number of esters is 1. The Morgan fingerprint density at radius 3 is 1.72 bits per heavy atom. The van der Waals surface area contributed by atoms with Crippen LogP contribution >= 0.6 is 0 Å². The number of ether oxygens (including phenoxy) is 1. The van der Waals surface area contributed by atoms with Gasteiger partial charge in [0.1, 0.15) is 44.9 Å². The normalized spacial score (nSPS) is 12.2. The minimum Gasteiger partial charge on any atom is -0.506 e. The molecular weight excluding hydrogens is 713 g/mol. The van der Waals surface area contributed by atoms with Crippen molar-refractivity contribution >= 4 is 28.0 Å². The van der Waals surface area contributed by atoms with Gasteiger partial charge in [-0.15, -0.1) is 30.0 Å². The standard InChI is InChI=1S/C27H37N3O3.C20H25N3O/c1-5-6-7-8-9-12-17-33-25(31)16-15-20-18-21(27(2,3)4)26(32)24(19-20)30-28-22-13-10-11-14-23(22)29-30;1-19(2,3)13-20(4,5)14-10-11-18(24)17(12-14)23-21-15-8-6-7-9-16(15)22-23/h10-11,13-14,18-19,32H,5-9,12,15-17H2,1-4H3;6-12,24H,13H2,1-5H3. The van der Waals surface area contributed by atoms with Crippen molar-refractivity contribution < 1.29 is 19.7 Å². The molecule has 10 heteroatoms. The molecule has 0 atom stereocenters. The van der Waals surface area contributed by atoms with Crippen molar-refractivity contribution in [1.29, 1.82) is 0 Å². The molecule has 2 aromatic heterocycles. The molecule has 0 fully saturated rings. The van der Waals surface area contributed by atoms with Gasteiger partial charge in [0.05, 0.1) is 6.61 Å². The molecule has 57 heavy (non-hydrogen) atoms. The van der Waals surface area contributed by atoms with E-state index in [1.54, 1.807) is 6.07 Å². The van der Waals surface area contributed by atoms with Crippen LogP contribution in [-0.4, -0.2) is 52.8 Å². The minimum atomic E-state index is -0.278. The lowest BCUT2D eigenvalue weighted by molar-refractivity contribution is -0.143. The Balaban J connectivity index is 0.000000228. The number of unbranched alkanes of at least 4 members (excludes halogenated alkanes) is 5. The Morgan fingerprint density at radius 2 is 1.19 bits per heavy atom. The van der Waals surface area contributed by atoms with Gasteiger partial charge in [0.2, 0.25) is 0 Å². The van der Waals surface area contributed by atoms with E-state index in [1.807, 2.05) is 72.8 Å². The number of benzene rings is 4. The Kier molecular flexibility index (Phi) is 13.8. The van der Waals surface area contributed by atoms with E-state index in [2.05, 4.69) is 82.7 Å². The molecular formula is C47H62N6O4. The molecule has 2 N–H and O–H groups in total. The molecule has 0 bridgehead atoms. The number of hydrogen-bond donors (Lipinski definition) is 2. The van der Waals surface area contributed by atoms with E-state index in [1.165, 1.54) is 40.8 Å². The first-order valence-corrected chi connectivity index (χ1v) is 20.5. The van der Waals surface area contributed by atoms with Gasteiger partial charge in [-0.1, -0.05) is 131 Å². The zero-order valence-electron chi connectivity index (χ0n) is 35.5. The van der Waals surface area contributed by atoms with Gasteiger partial charge in [-0.05, 0) is 89.1 Å². The van der Waals surface area contributed by atoms with Crippen molar-refractivity contribution in [2.45, 2.75) is 131 Å². The van der Waals surface area contributed by atoms with E-state index >= 15 is 0 Å². The van der Waals surface area contributed by atoms with Crippen LogP contribution in [0.25, 0.3) is 33.4 Å². The number of aromatic hydroxyl groups is 2. The van der Waals surface area contributed by atoms with Crippen LogP contribution in [0.5, 0.6) is 11.5 Å². The summed E-state index contributed by atoms with van der Waals surface area (Å²) < 4.78 is 5.43. The summed E-state index contributed by atoms with van der Waals surface area (Å²) in [4.78, 5) is 15.3. The number of rotatable bonds is 14. The molecule has 0 aliphatic carbocycles. The fourth-order valence-corrected chi connectivity index (χ4v) is 7.40. The summed E-state index contributed by atoms with van der Waals surface area (Å²) in [6.45, 7) is 20.1. The quantitative estimate of drug-likeness (QED) is 0.0827. The van der Waals surface area contributed by atoms with E-state index in [0.717, 1.165) is 52.5 Å². The molecule has 0 saturated carbocycles. The predicted octanol–water partition coefficient (Wildman–Crippen LogP) is 11.1. The maximum Gasteiger partial charge on any atom is 0.306 e. The number of phenols is 2. The zero-order chi connectivity index (χ0) is 41.4. The van der Waals surface area contributed by atoms with Gasteiger partial charge < -0.3 is 14.9 Å². The Labute approximate surface area is 338 Å². The monoisotopic (exact) mass is 774 g/mol. The second-order valence-electron chi connectivity index (χ2n) is 18.0. The van der Waals surface area contributed by atoms with Crippen LogP contribution in [0.3, 0.4) is 0 Å². The summed E-state index contributed by atoms with van der Waals surface area (Å²) in [7, 11) is 0. The molecule has 4 aromatic carbocycles. The molecule has 0 radical (unpaired) electrons. The highest BCUT2D eigenvalue weighted by molar-refractivity contribution is 5.75. The zero-order valence-corrected chi connectivity index (χ0v) is 35.5. The molecule has 6 rings (SSSR count). The van der Waals surface area contributed by atoms with E-state index in [-0.39, 0.29) is 33.7 Å². The fourth-order valence-electron chi connectivity index (χ4n) is 7.40. The van der Waals surface area contributed by atoms with Gasteiger partial charge in [0.15, 0.2) is 0 Å². The first-order chi connectivity index (χ1) is 26.9. The van der Waals surface area contributed by atoms with Gasteiger partial charge in [0.25, 0.3) is 0 Å². The van der Waals surface area contributed by atoms with Crippen molar-refractivity contribution in [1.82, 2.24) is 30.0 Å². The van der Waals surface area contributed by atoms with Crippen LogP contribution < -0.4 is 0 Å². The number of hydrogen-bond acceptors (Lipinski definition) is 8. The fraction of sp³-hybridized carbons (Fsp3) is 0.468. The van der Waals surface area contributed by atoms with Crippen molar-refractivity contribution in [3.05, 3.63) is 95.6 Å². The number of phenolic OH excluding ortho intramolecular Hbond substituents is 2. The van der Waals surface area contributed by atoms with Crippen LogP contribution in [0, 0.1) is 5.41 Å². The maximum absolute atomic E-state index is 12.3. The van der Waals surface area contributed by atoms with Gasteiger partial charge in [-0.2, -0.15) is 0 Å². The lowest BCUT2D eigenvalue weighted by atomic mass is 9.72. The van der Waals surface area contributed by atoms with E-state index in [4.69, 9.17) is 4.74 Å². The lowest BCUT2D eigenvalue weighted by Crippen LogP contribution is -2.25. The predicted molar refractivity (Wildman–Crippen MR) is 230 cm³/mol. The summed E-state index contributed by atoms with van der Waals surface area (Å²) in [6.07, 6.45) is 8.87. The largest absolute Gasteiger partial charge is 0.506 e. The van der Waals surface area contributed by atoms with Gasteiger partial charge in [-0.25, -0.2) is 0 Å². The second kappa shape index (κ2) is 18.3. The highest BCUT2D eigenvalue weighted by Crippen LogP contribution is 2.39. The topological polar surface area (TPSA) is 128 Å². The minimum absolute atomic E-state index is 0.00667. The van der Waals surface area contributed by atoms with Gasteiger partial charge >= 0.3 is 5.97 Å². The third-order valence-electron chi connectivity index (χ3n) is 10.1. The van der Waals surface area contributed by atoms with Crippen molar-refractivity contribution in [3.63, 3.8) is 0 Å². The Morgan fingerprint density at radius 1 is 0.667 bits per heavy atom. The van der Waals surface area contributed by atoms with Crippen molar-refractivity contribution in [2.24, 2.45) is 5.41 Å². The summed E-state index contributed by atoms with van der Waals surface area (Å²) in [5, 5.41) is 39.4. The maximum atomic E-state index is 12.3. The number of nitrogens with zero attached hydrogens (tertiary/aromatic N) is 6. The number of fused-ring (bicyclic) bond motifs is 2. The van der Waals surface area contributed by atoms with Crippen molar-refractivity contribution in [3.8, 4) is 22.9 Å². The van der Waals surface area contributed by atoms with Crippen LogP contribution in [-0.2, 0) is 26.8 Å². The first-order valence-electron chi connectivity index (χ1n) is 20.5. The van der Waals surface area contributed by atoms with Crippen LogP contribution in [0.15, 0.2) is 78.9 Å². The number of aryl methyl sites for hydroxylation is 1.